The number of ether oxygens (including phenoxy) is 2. The minimum Gasteiger partial charge on any atom is -0.497 e. The van der Waals surface area contributed by atoms with Crippen LogP contribution in [0.4, 0.5) is 10.1 Å². The standard InChI is InChI=1S/C24H22FN3O4S/c1-4-19(22(29)27-18-11-16(31-2)9-10-20(18)32-3)28-13-26-23-21(24(28)30)17(12-33-23)14-5-7-15(25)8-6-14/h5-13,19H,4H2,1-3H3,(H,27,29). The van der Waals surface area contributed by atoms with Crippen molar-refractivity contribution < 1.29 is 18.7 Å². The second kappa shape index (κ2) is 9.41. The Kier molecular flexibility index (Phi) is 6.41. The predicted octanol–water partition coefficient (Wildman–Crippen LogP) is 4.87. The van der Waals surface area contributed by atoms with Crippen LogP contribution < -0.4 is 20.3 Å². The molecular formula is C24H22FN3O4S. The SMILES string of the molecule is CCC(C(=O)Nc1cc(OC)ccc1OC)n1cnc2scc(-c3ccc(F)cc3)c2c1=O. The summed E-state index contributed by atoms with van der Waals surface area (Å²) in [6.07, 6.45) is 1.76. The molecule has 1 atom stereocenters. The van der Waals surface area contributed by atoms with Gasteiger partial charge in [0.1, 0.15) is 28.2 Å². The Bertz CT molecular complexity index is 1360. The molecule has 2 heterocycles. The third-order valence-corrected chi connectivity index (χ3v) is 6.25. The normalized spacial score (nSPS) is 11.9. The van der Waals surface area contributed by atoms with E-state index in [1.54, 1.807) is 30.3 Å². The van der Waals surface area contributed by atoms with E-state index < -0.39 is 6.04 Å². The van der Waals surface area contributed by atoms with E-state index in [-0.39, 0.29) is 17.3 Å². The van der Waals surface area contributed by atoms with Crippen LogP contribution in [-0.2, 0) is 4.79 Å². The zero-order chi connectivity index (χ0) is 23.5. The molecule has 0 aliphatic heterocycles. The number of methoxy groups -OCH3 is 2. The number of halogens is 1. The van der Waals surface area contributed by atoms with Crippen LogP contribution in [0.2, 0.25) is 0 Å². The minimum absolute atomic E-state index is 0.333. The monoisotopic (exact) mass is 467 g/mol. The number of nitrogens with one attached hydrogen (secondary N) is 1. The van der Waals surface area contributed by atoms with Gasteiger partial charge in [-0.3, -0.25) is 14.2 Å². The Morgan fingerprint density at radius 2 is 1.94 bits per heavy atom. The molecule has 9 heteroatoms. The average molecular weight is 468 g/mol. The summed E-state index contributed by atoms with van der Waals surface area (Å²) in [5.41, 5.74) is 1.47. The maximum absolute atomic E-state index is 13.5. The Labute approximate surface area is 193 Å². The highest BCUT2D eigenvalue weighted by Gasteiger charge is 2.24. The number of aromatic nitrogens is 2. The molecule has 0 bridgehead atoms. The maximum atomic E-state index is 13.5. The summed E-state index contributed by atoms with van der Waals surface area (Å²) < 4.78 is 25.3. The first kappa shape index (κ1) is 22.5. The van der Waals surface area contributed by atoms with E-state index in [0.717, 1.165) is 0 Å². The second-order valence-electron chi connectivity index (χ2n) is 7.27. The summed E-state index contributed by atoms with van der Waals surface area (Å²) in [6.45, 7) is 1.82. The minimum atomic E-state index is -0.800. The second-order valence-corrected chi connectivity index (χ2v) is 8.13. The lowest BCUT2D eigenvalue weighted by molar-refractivity contribution is -0.119. The number of carbonyl (C=O) groups excluding carboxylic acids is 1. The van der Waals surface area contributed by atoms with E-state index in [1.807, 2.05) is 12.3 Å². The van der Waals surface area contributed by atoms with E-state index in [4.69, 9.17) is 9.47 Å². The maximum Gasteiger partial charge on any atom is 0.263 e. The largest absolute Gasteiger partial charge is 0.497 e. The molecule has 0 saturated heterocycles. The van der Waals surface area contributed by atoms with Gasteiger partial charge in [-0.05, 0) is 36.2 Å². The zero-order valence-corrected chi connectivity index (χ0v) is 19.1. The molecule has 4 rings (SSSR count). The molecule has 0 saturated carbocycles. The summed E-state index contributed by atoms with van der Waals surface area (Å²) in [5.74, 6) is 0.286. The van der Waals surface area contributed by atoms with Crippen molar-refractivity contribution >= 4 is 33.1 Å². The third-order valence-electron chi connectivity index (χ3n) is 5.36. The van der Waals surface area contributed by atoms with Gasteiger partial charge in [-0.15, -0.1) is 11.3 Å². The predicted molar refractivity (Wildman–Crippen MR) is 127 cm³/mol. The van der Waals surface area contributed by atoms with Gasteiger partial charge in [-0.25, -0.2) is 9.37 Å². The van der Waals surface area contributed by atoms with E-state index in [9.17, 15) is 14.0 Å². The summed E-state index contributed by atoms with van der Waals surface area (Å²) in [4.78, 5) is 31.6. The van der Waals surface area contributed by atoms with Crippen molar-refractivity contribution in [1.82, 2.24) is 9.55 Å². The van der Waals surface area contributed by atoms with Crippen LogP contribution in [0.25, 0.3) is 21.3 Å². The van der Waals surface area contributed by atoms with Gasteiger partial charge in [0.2, 0.25) is 5.91 Å². The number of benzene rings is 2. The van der Waals surface area contributed by atoms with Crippen molar-refractivity contribution in [2.75, 3.05) is 19.5 Å². The molecule has 2 aromatic carbocycles. The van der Waals surface area contributed by atoms with Crippen LogP contribution in [0.5, 0.6) is 11.5 Å². The molecule has 0 fully saturated rings. The first-order valence-electron chi connectivity index (χ1n) is 10.2. The Balaban J connectivity index is 1.73. The molecule has 1 unspecified atom stereocenters. The molecule has 0 spiro atoms. The van der Waals surface area contributed by atoms with Gasteiger partial charge >= 0.3 is 0 Å². The fraction of sp³-hybridized carbons (Fsp3) is 0.208. The molecule has 1 amide bonds. The van der Waals surface area contributed by atoms with Gasteiger partial charge in [-0.1, -0.05) is 19.1 Å². The lowest BCUT2D eigenvalue weighted by atomic mass is 10.1. The van der Waals surface area contributed by atoms with Crippen molar-refractivity contribution in [3.05, 3.63) is 70.3 Å². The lowest BCUT2D eigenvalue weighted by Gasteiger charge is -2.19. The summed E-state index contributed by atoms with van der Waals surface area (Å²) in [5, 5.41) is 5.06. The van der Waals surface area contributed by atoms with Gasteiger partial charge < -0.3 is 14.8 Å². The highest BCUT2D eigenvalue weighted by Crippen LogP contribution is 2.32. The molecule has 0 aliphatic carbocycles. The van der Waals surface area contributed by atoms with Crippen LogP contribution >= 0.6 is 11.3 Å². The first-order chi connectivity index (χ1) is 16.0. The zero-order valence-electron chi connectivity index (χ0n) is 18.3. The molecule has 1 N–H and O–H groups in total. The summed E-state index contributed by atoms with van der Waals surface area (Å²) >= 11 is 1.33. The molecule has 170 valence electrons. The van der Waals surface area contributed by atoms with Crippen LogP contribution in [-0.4, -0.2) is 29.7 Å². The van der Waals surface area contributed by atoms with Crippen molar-refractivity contribution in [2.24, 2.45) is 0 Å². The quantitative estimate of drug-likeness (QED) is 0.419. The van der Waals surface area contributed by atoms with Crippen LogP contribution in [0.3, 0.4) is 0 Å². The summed E-state index contributed by atoms with van der Waals surface area (Å²) in [7, 11) is 3.03. The number of hydrogen-bond acceptors (Lipinski definition) is 6. The number of fused-ring (bicyclic) bond motifs is 1. The number of rotatable bonds is 7. The molecule has 2 aromatic heterocycles. The van der Waals surface area contributed by atoms with Crippen LogP contribution in [0.1, 0.15) is 19.4 Å². The van der Waals surface area contributed by atoms with Gasteiger partial charge in [0, 0.05) is 17.0 Å². The molecule has 33 heavy (non-hydrogen) atoms. The first-order valence-corrected chi connectivity index (χ1v) is 11.1. The van der Waals surface area contributed by atoms with Crippen LogP contribution in [0.15, 0.2) is 59.0 Å². The van der Waals surface area contributed by atoms with Gasteiger partial charge in [-0.2, -0.15) is 0 Å². The fourth-order valence-electron chi connectivity index (χ4n) is 3.65. The number of thiophene rings is 1. The number of amides is 1. The van der Waals surface area contributed by atoms with Crippen LogP contribution in [0, 0.1) is 5.82 Å². The number of anilines is 1. The molecule has 4 aromatic rings. The van der Waals surface area contributed by atoms with Gasteiger partial charge in [0.15, 0.2) is 0 Å². The lowest BCUT2D eigenvalue weighted by Crippen LogP contribution is -2.33. The Hall–Kier alpha value is -3.72. The van der Waals surface area contributed by atoms with Crippen molar-refractivity contribution in [1.29, 1.82) is 0 Å². The highest BCUT2D eigenvalue weighted by molar-refractivity contribution is 7.17. The summed E-state index contributed by atoms with van der Waals surface area (Å²) in [6, 6.07) is 10.2. The fourth-order valence-corrected chi connectivity index (χ4v) is 4.55. The van der Waals surface area contributed by atoms with E-state index >= 15 is 0 Å². The average Bonchev–Trinajstić information content (AvgIpc) is 3.26. The van der Waals surface area contributed by atoms with Gasteiger partial charge in [0.25, 0.3) is 5.56 Å². The van der Waals surface area contributed by atoms with Crippen molar-refractivity contribution in [2.45, 2.75) is 19.4 Å². The number of hydrogen-bond donors (Lipinski definition) is 1. The topological polar surface area (TPSA) is 82.4 Å². The third kappa shape index (κ3) is 4.31. The number of nitrogens with zero attached hydrogens (tertiary/aromatic N) is 2. The molecular weight excluding hydrogens is 445 g/mol. The van der Waals surface area contributed by atoms with E-state index in [1.165, 1.54) is 48.6 Å². The molecule has 0 aliphatic rings. The molecule has 0 radical (unpaired) electrons. The van der Waals surface area contributed by atoms with Gasteiger partial charge in [0.05, 0.1) is 31.6 Å². The van der Waals surface area contributed by atoms with Crippen molar-refractivity contribution in [3.63, 3.8) is 0 Å². The molecule has 7 nitrogen and oxygen atoms in total. The van der Waals surface area contributed by atoms with E-state index in [2.05, 4.69) is 10.3 Å². The Morgan fingerprint density at radius 3 is 2.61 bits per heavy atom. The smallest absolute Gasteiger partial charge is 0.263 e. The van der Waals surface area contributed by atoms with Crippen molar-refractivity contribution in [3.8, 4) is 22.6 Å². The van der Waals surface area contributed by atoms with E-state index in [0.29, 0.717) is 45.0 Å². The number of carbonyl (C=O) groups is 1. The Morgan fingerprint density at radius 1 is 1.18 bits per heavy atom. The highest BCUT2D eigenvalue weighted by atomic mass is 32.1.